The first-order valence-electron chi connectivity index (χ1n) is 20.1. The lowest BCUT2D eigenvalue weighted by Crippen LogP contribution is -2.10. The van der Waals surface area contributed by atoms with E-state index in [-0.39, 0.29) is 0 Å². The molecular weight excluding hydrogens is 717 g/mol. The fourth-order valence-electron chi connectivity index (χ4n) is 8.69. The highest BCUT2D eigenvalue weighted by atomic mass is 15.2. The van der Waals surface area contributed by atoms with Gasteiger partial charge in [0.15, 0.2) is 0 Å². The molecule has 0 spiro atoms. The summed E-state index contributed by atoms with van der Waals surface area (Å²) in [5.74, 6) is 0.901. The summed E-state index contributed by atoms with van der Waals surface area (Å²) in [5.41, 5.74) is 10.6. The van der Waals surface area contributed by atoms with Crippen molar-refractivity contribution in [1.82, 2.24) is 9.55 Å². The molecule has 4 heteroatoms. The molecule has 4 nitrogen and oxygen atoms in total. The van der Waals surface area contributed by atoms with Gasteiger partial charge in [0.25, 0.3) is 0 Å². The number of anilines is 6. The van der Waals surface area contributed by atoms with Crippen molar-refractivity contribution in [2.45, 2.75) is 0 Å². The van der Waals surface area contributed by atoms with Crippen LogP contribution in [0.2, 0.25) is 0 Å². The topological polar surface area (TPSA) is 24.3 Å². The third-order valence-electron chi connectivity index (χ3n) is 11.3. The van der Waals surface area contributed by atoms with E-state index >= 15 is 0 Å². The molecular formula is C55H38N4. The van der Waals surface area contributed by atoms with Crippen LogP contribution in [0.4, 0.5) is 34.1 Å². The Morgan fingerprint density at radius 3 is 1.31 bits per heavy atom. The summed E-state index contributed by atoms with van der Waals surface area (Å²) in [5, 5.41) is 6.87. The first-order valence-corrected chi connectivity index (χ1v) is 20.1. The van der Waals surface area contributed by atoms with Crippen LogP contribution in [0, 0.1) is 0 Å². The molecule has 278 valence electrons. The molecule has 11 aromatic rings. The van der Waals surface area contributed by atoms with Gasteiger partial charge in [-0.15, -0.1) is 0 Å². The lowest BCUT2D eigenvalue weighted by atomic mass is 9.97. The second-order valence-electron chi connectivity index (χ2n) is 14.8. The van der Waals surface area contributed by atoms with E-state index < -0.39 is 0 Å². The average Bonchev–Trinajstić information content (AvgIpc) is 3.72. The molecule has 0 amide bonds. The quantitative estimate of drug-likeness (QED) is 0.144. The van der Waals surface area contributed by atoms with E-state index in [9.17, 15) is 0 Å². The minimum atomic E-state index is 0.901. The highest BCUT2D eigenvalue weighted by Gasteiger charge is 2.24. The molecule has 0 aliphatic carbocycles. The number of nitrogens with zero attached hydrogens (tertiary/aromatic N) is 4. The normalized spacial score (nSPS) is 11.4. The number of para-hydroxylation sites is 5. The summed E-state index contributed by atoms with van der Waals surface area (Å²) in [7, 11) is 0. The molecule has 0 N–H and O–H groups in total. The molecule has 1 aromatic heterocycles. The zero-order valence-electron chi connectivity index (χ0n) is 32.2. The summed E-state index contributed by atoms with van der Waals surface area (Å²) >= 11 is 0. The maximum atomic E-state index is 5.76. The molecule has 0 fully saturated rings. The first kappa shape index (κ1) is 34.3. The van der Waals surface area contributed by atoms with E-state index in [4.69, 9.17) is 4.98 Å². The number of hydrogen-bond donors (Lipinski definition) is 0. The average molecular weight is 755 g/mol. The van der Waals surface area contributed by atoms with E-state index in [1.54, 1.807) is 0 Å². The fourth-order valence-corrected chi connectivity index (χ4v) is 8.69. The molecule has 59 heavy (non-hydrogen) atoms. The maximum Gasteiger partial charge on any atom is 0.146 e. The summed E-state index contributed by atoms with van der Waals surface area (Å²) in [6, 6.07) is 82.1. The third kappa shape index (κ3) is 5.98. The van der Waals surface area contributed by atoms with Crippen molar-refractivity contribution >= 4 is 77.5 Å². The van der Waals surface area contributed by atoms with Crippen LogP contribution in [0.1, 0.15) is 0 Å². The molecule has 11 rings (SSSR count). The smallest absolute Gasteiger partial charge is 0.146 e. The van der Waals surface area contributed by atoms with Crippen LogP contribution in [0.5, 0.6) is 0 Å². The fraction of sp³-hybridized carbons (Fsp3) is 0. The van der Waals surface area contributed by atoms with Crippen LogP contribution in [0.15, 0.2) is 231 Å². The largest absolute Gasteiger partial charge is 0.310 e. The summed E-state index contributed by atoms with van der Waals surface area (Å²) in [6.07, 6.45) is 0. The minimum absolute atomic E-state index is 0.901. The van der Waals surface area contributed by atoms with E-state index in [1.807, 2.05) is 0 Å². The Labute approximate surface area is 343 Å². The van der Waals surface area contributed by atoms with Gasteiger partial charge >= 0.3 is 0 Å². The van der Waals surface area contributed by atoms with Crippen LogP contribution in [0.25, 0.3) is 60.4 Å². The number of hydrogen-bond acceptors (Lipinski definition) is 3. The Morgan fingerprint density at radius 1 is 0.322 bits per heavy atom. The molecule has 0 unspecified atom stereocenters. The monoisotopic (exact) mass is 754 g/mol. The van der Waals surface area contributed by atoms with Gasteiger partial charge in [-0.05, 0) is 106 Å². The number of aromatic nitrogens is 2. The Morgan fingerprint density at radius 2 is 0.763 bits per heavy atom. The molecule has 0 atom stereocenters. The van der Waals surface area contributed by atoms with Gasteiger partial charge in [-0.1, -0.05) is 146 Å². The second-order valence-corrected chi connectivity index (χ2v) is 14.8. The standard InChI is InChI=1S/C55H38N4/c1-6-21-40(22-7-1)57(41-23-8-2-9-24-41)45-33-35-48-49-36-34-46(58(42-25-10-3-11-26-42)43-27-12-4-13-28-43)38-52(49)54-53(51(48)37-45)56-55(59(54)44-29-14-5-15-30-44)50-32-18-20-39-19-16-17-31-47(39)50/h1-38H. The van der Waals surface area contributed by atoms with E-state index in [0.29, 0.717) is 0 Å². The van der Waals surface area contributed by atoms with Crippen molar-refractivity contribution in [2.75, 3.05) is 9.80 Å². The Kier molecular flexibility index (Phi) is 8.45. The summed E-state index contributed by atoms with van der Waals surface area (Å²) in [6.45, 7) is 0. The lowest BCUT2D eigenvalue weighted by Gasteiger charge is -2.27. The molecule has 10 aromatic carbocycles. The molecule has 0 saturated heterocycles. The van der Waals surface area contributed by atoms with Gasteiger partial charge in [-0.25, -0.2) is 4.98 Å². The number of rotatable bonds is 8. The van der Waals surface area contributed by atoms with Crippen molar-refractivity contribution in [3.8, 4) is 17.1 Å². The predicted octanol–water partition coefficient (Wildman–Crippen LogP) is 15.1. The van der Waals surface area contributed by atoms with Crippen molar-refractivity contribution in [3.63, 3.8) is 0 Å². The van der Waals surface area contributed by atoms with Gasteiger partial charge < -0.3 is 9.80 Å². The Hall–Kier alpha value is -7.95. The second kappa shape index (κ2) is 14.5. The summed E-state index contributed by atoms with van der Waals surface area (Å²) < 4.78 is 2.39. The maximum absolute atomic E-state index is 5.76. The van der Waals surface area contributed by atoms with Crippen molar-refractivity contribution in [3.05, 3.63) is 231 Å². The van der Waals surface area contributed by atoms with E-state index in [0.717, 1.165) is 89.2 Å². The molecule has 0 aliphatic heterocycles. The van der Waals surface area contributed by atoms with Crippen LogP contribution >= 0.6 is 0 Å². The molecule has 0 saturated carbocycles. The SMILES string of the molecule is c1ccc(N(c2ccccc2)c2ccc3c4ccc(N(c5ccccc5)c5ccccc5)cc4c4c(nc(-c5cccc6ccccc56)n4-c4ccccc4)c3c2)cc1. The van der Waals surface area contributed by atoms with E-state index in [1.165, 1.54) is 5.39 Å². The van der Waals surface area contributed by atoms with Crippen molar-refractivity contribution in [1.29, 1.82) is 0 Å². The van der Waals surface area contributed by atoms with Gasteiger partial charge in [0, 0.05) is 56.1 Å². The van der Waals surface area contributed by atoms with Gasteiger partial charge in [0.1, 0.15) is 5.82 Å². The van der Waals surface area contributed by atoms with Crippen LogP contribution < -0.4 is 9.80 Å². The minimum Gasteiger partial charge on any atom is -0.310 e. The summed E-state index contributed by atoms with van der Waals surface area (Å²) in [4.78, 5) is 10.4. The van der Waals surface area contributed by atoms with E-state index in [2.05, 4.69) is 245 Å². The van der Waals surface area contributed by atoms with Crippen LogP contribution in [0.3, 0.4) is 0 Å². The highest BCUT2D eigenvalue weighted by Crippen LogP contribution is 2.45. The number of imidazole rings is 1. The Balaban J connectivity index is 1.27. The Bertz CT molecular complexity index is 3170. The predicted molar refractivity (Wildman–Crippen MR) is 248 cm³/mol. The van der Waals surface area contributed by atoms with Gasteiger partial charge in [-0.2, -0.15) is 0 Å². The van der Waals surface area contributed by atoms with Crippen molar-refractivity contribution in [2.24, 2.45) is 0 Å². The first-order chi connectivity index (χ1) is 29.3. The third-order valence-corrected chi connectivity index (χ3v) is 11.3. The molecule has 0 aliphatic rings. The number of fused-ring (bicyclic) bond motifs is 7. The van der Waals surface area contributed by atoms with Crippen LogP contribution in [-0.2, 0) is 0 Å². The number of benzene rings is 10. The molecule has 1 heterocycles. The van der Waals surface area contributed by atoms with Gasteiger partial charge in [-0.3, -0.25) is 4.57 Å². The zero-order chi connectivity index (χ0) is 39.1. The highest BCUT2D eigenvalue weighted by molar-refractivity contribution is 6.25. The lowest BCUT2D eigenvalue weighted by molar-refractivity contribution is 1.11. The van der Waals surface area contributed by atoms with Gasteiger partial charge in [0.2, 0.25) is 0 Å². The zero-order valence-corrected chi connectivity index (χ0v) is 32.2. The molecule has 0 radical (unpaired) electrons. The van der Waals surface area contributed by atoms with Crippen molar-refractivity contribution < 1.29 is 0 Å². The molecule has 0 bridgehead atoms. The van der Waals surface area contributed by atoms with Crippen LogP contribution in [-0.4, -0.2) is 9.55 Å². The van der Waals surface area contributed by atoms with Gasteiger partial charge in [0.05, 0.1) is 11.0 Å².